The maximum absolute atomic E-state index is 12.7. The highest BCUT2D eigenvalue weighted by molar-refractivity contribution is 7.17. The SMILES string of the molecule is CCOC(=O)c1c(NC(=O)COc2ccc(Cl)c(C)c2)sc(C)c1-c1ccc(Cl)cc1. The number of carbonyl (C=O) groups excluding carboxylic acids is 2. The first-order valence-electron chi connectivity index (χ1n) is 9.55. The van der Waals surface area contributed by atoms with Crippen molar-refractivity contribution in [3.63, 3.8) is 0 Å². The maximum Gasteiger partial charge on any atom is 0.341 e. The lowest BCUT2D eigenvalue weighted by molar-refractivity contribution is -0.118. The summed E-state index contributed by atoms with van der Waals surface area (Å²) in [6, 6.07) is 12.3. The molecule has 0 aliphatic rings. The molecule has 2 aromatic carbocycles. The molecule has 8 heteroatoms. The highest BCUT2D eigenvalue weighted by Gasteiger charge is 2.25. The van der Waals surface area contributed by atoms with Crippen LogP contribution in [0.15, 0.2) is 42.5 Å². The van der Waals surface area contributed by atoms with Gasteiger partial charge in [-0.2, -0.15) is 0 Å². The van der Waals surface area contributed by atoms with Gasteiger partial charge in [-0.1, -0.05) is 35.3 Å². The summed E-state index contributed by atoms with van der Waals surface area (Å²) in [5.74, 6) is -0.352. The van der Waals surface area contributed by atoms with E-state index in [-0.39, 0.29) is 19.1 Å². The summed E-state index contributed by atoms with van der Waals surface area (Å²) < 4.78 is 10.8. The lowest BCUT2D eigenvalue weighted by Crippen LogP contribution is -2.21. The first-order valence-corrected chi connectivity index (χ1v) is 11.1. The van der Waals surface area contributed by atoms with Gasteiger partial charge in [-0.15, -0.1) is 11.3 Å². The Morgan fingerprint density at radius 2 is 1.77 bits per heavy atom. The fraction of sp³-hybridized carbons (Fsp3) is 0.217. The highest BCUT2D eigenvalue weighted by atomic mass is 35.5. The first-order chi connectivity index (χ1) is 14.8. The molecule has 0 bridgehead atoms. The molecule has 0 aliphatic heterocycles. The van der Waals surface area contributed by atoms with Gasteiger partial charge in [0.05, 0.1) is 6.61 Å². The smallest absolute Gasteiger partial charge is 0.341 e. The number of carbonyl (C=O) groups is 2. The molecule has 0 unspecified atom stereocenters. The molecule has 0 spiro atoms. The van der Waals surface area contributed by atoms with Crippen molar-refractivity contribution < 1.29 is 19.1 Å². The van der Waals surface area contributed by atoms with E-state index in [0.717, 1.165) is 16.0 Å². The number of esters is 1. The molecule has 162 valence electrons. The number of rotatable bonds is 7. The highest BCUT2D eigenvalue weighted by Crippen LogP contribution is 2.40. The number of thiophene rings is 1. The number of nitrogens with one attached hydrogen (secondary N) is 1. The van der Waals surface area contributed by atoms with Gasteiger partial charge in [0, 0.05) is 20.5 Å². The molecule has 3 aromatic rings. The molecule has 1 heterocycles. The van der Waals surface area contributed by atoms with Crippen LogP contribution in [0.25, 0.3) is 11.1 Å². The van der Waals surface area contributed by atoms with Crippen LogP contribution in [0, 0.1) is 13.8 Å². The van der Waals surface area contributed by atoms with E-state index in [0.29, 0.717) is 31.9 Å². The molecule has 0 saturated carbocycles. The number of halogens is 2. The summed E-state index contributed by atoms with van der Waals surface area (Å²) in [5, 5.41) is 4.43. The largest absolute Gasteiger partial charge is 0.484 e. The van der Waals surface area contributed by atoms with Crippen molar-refractivity contribution in [3.8, 4) is 16.9 Å². The van der Waals surface area contributed by atoms with E-state index in [1.807, 2.05) is 26.0 Å². The molecule has 3 rings (SSSR count). The Labute approximate surface area is 194 Å². The minimum absolute atomic E-state index is 0.212. The van der Waals surface area contributed by atoms with Crippen molar-refractivity contribution in [2.75, 3.05) is 18.5 Å². The Balaban J connectivity index is 1.85. The van der Waals surface area contributed by atoms with Crippen LogP contribution in [-0.4, -0.2) is 25.1 Å². The first kappa shape index (κ1) is 23.1. The predicted octanol–water partition coefficient (Wildman–Crippen LogP) is 6.53. The average molecular weight is 478 g/mol. The van der Waals surface area contributed by atoms with Gasteiger partial charge < -0.3 is 14.8 Å². The molecule has 0 fully saturated rings. The monoisotopic (exact) mass is 477 g/mol. The van der Waals surface area contributed by atoms with Gasteiger partial charge in [0.25, 0.3) is 5.91 Å². The van der Waals surface area contributed by atoms with Crippen molar-refractivity contribution in [2.45, 2.75) is 20.8 Å². The standard InChI is InChI=1S/C23H21Cl2NO4S/c1-4-29-23(28)21-20(15-5-7-16(24)8-6-15)14(3)31-22(21)26-19(27)12-30-17-9-10-18(25)13(2)11-17/h5-11H,4,12H2,1-3H3,(H,26,27). The van der Waals surface area contributed by atoms with E-state index >= 15 is 0 Å². The number of benzene rings is 2. The van der Waals surface area contributed by atoms with E-state index in [1.54, 1.807) is 37.3 Å². The van der Waals surface area contributed by atoms with Gasteiger partial charge in [-0.05, 0) is 62.2 Å². The quantitative estimate of drug-likeness (QED) is 0.392. The number of aryl methyl sites for hydroxylation is 2. The fourth-order valence-corrected chi connectivity index (χ4v) is 4.34. The molecule has 1 aromatic heterocycles. The molecule has 1 amide bonds. The zero-order chi connectivity index (χ0) is 22.5. The van der Waals surface area contributed by atoms with Gasteiger partial charge in [-0.3, -0.25) is 4.79 Å². The van der Waals surface area contributed by atoms with Crippen LogP contribution in [0.2, 0.25) is 10.0 Å². The van der Waals surface area contributed by atoms with Crippen LogP contribution < -0.4 is 10.1 Å². The second-order valence-electron chi connectivity index (χ2n) is 6.71. The molecular formula is C23H21Cl2NO4S. The van der Waals surface area contributed by atoms with Gasteiger partial charge in [-0.25, -0.2) is 4.79 Å². The van der Waals surface area contributed by atoms with Crippen LogP contribution in [0.1, 0.15) is 27.7 Å². The number of anilines is 1. The number of amides is 1. The topological polar surface area (TPSA) is 64.6 Å². The molecule has 0 radical (unpaired) electrons. The van der Waals surface area contributed by atoms with Crippen molar-refractivity contribution in [1.29, 1.82) is 0 Å². The third-order valence-corrected chi connectivity index (χ3v) is 6.15. The van der Waals surface area contributed by atoms with Crippen LogP contribution in [0.3, 0.4) is 0 Å². The van der Waals surface area contributed by atoms with Crippen LogP contribution in [-0.2, 0) is 9.53 Å². The van der Waals surface area contributed by atoms with Crippen molar-refractivity contribution in [3.05, 3.63) is 68.5 Å². The minimum Gasteiger partial charge on any atom is -0.484 e. The summed E-state index contributed by atoms with van der Waals surface area (Å²) in [6.07, 6.45) is 0. The zero-order valence-electron chi connectivity index (χ0n) is 17.3. The Morgan fingerprint density at radius 3 is 2.42 bits per heavy atom. The lowest BCUT2D eigenvalue weighted by Gasteiger charge is -2.10. The molecular weight excluding hydrogens is 457 g/mol. The Morgan fingerprint density at radius 1 is 1.06 bits per heavy atom. The van der Waals surface area contributed by atoms with Crippen LogP contribution in [0.4, 0.5) is 5.00 Å². The Bertz CT molecular complexity index is 1110. The second kappa shape index (κ2) is 10.2. The normalized spacial score (nSPS) is 10.6. The van der Waals surface area contributed by atoms with Crippen molar-refractivity contribution in [2.24, 2.45) is 0 Å². The van der Waals surface area contributed by atoms with E-state index < -0.39 is 5.97 Å². The summed E-state index contributed by atoms with van der Waals surface area (Å²) in [5.41, 5.74) is 2.70. The predicted molar refractivity (Wildman–Crippen MR) is 126 cm³/mol. The summed E-state index contributed by atoms with van der Waals surface area (Å²) in [4.78, 5) is 26.2. The molecule has 5 nitrogen and oxygen atoms in total. The Kier molecular flexibility index (Phi) is 7.59. The van der Waals surface area contributed by atoms with Gasteiger partial charge in [0.15, 0.2) is 6.61 Å². The third kappa shape index (κ3) is 5.58. The third-order valence-electron chi connectivity index (χ3n) is 4.45. The molecule has 0 saturated heterocycles. The van der Waals surface area contributed by atoms with Gasteiger partial charge in [0.1, 0.15) is 16.3 Å². The summed E-state index contributed by atoms with van der Waals surface area (Å²) in [6.45, 7) is 5.49. The van der Waals surface area contributed by atoms with Crippen molar-refractivity contribution >= 4 is 51.4 Å². The number of hydrogen-bond donors (Lipinski definition) is 1. The molecule has 0 aliphatic carbocycles. The zero-order valence-corrected chi connectivity index (χ0v) is 19.6. The fourth-order valence-electron chi connectivity index (χ4n) is 3.01. The van der Waals surface area contributed by atoms with E-state index in [9.17, 15) is 9.59 Å². The van der Waals surface area contributed by atoms with Gasteiger partial charge >= 0.3 is 5.97 Å². The summed E-state index contributed by atoms with van der Waals surface area (Å²) >= 11 is 13.3. The molecule has 0 atom stereocenters. The van der Waals surface area contributed by atoms with E-state index in [4.69, 9.17) is 32.7 Å². The maximum atomic E-state index is 12.7. The van der Waals surface area contributed by atoms with E-state index in [1.165, 1.54) is 11.3 Å². The van der Waals surface area contributed by atoms with Crippen LogP contribution in [0.5, 0.6) is 5.75 Å². The van der Waals surface area contributed by atoms with Gasteiger partial charge in [0.2, 0.25) is 0 Å². The molecule has 1 N–H and O–H groups in total. The molecule has 31 heavy (non-hydrogen) atoms. The second-order valence-corrected chi connectivity index (χ2v) is 8.78. The average Bonchev–Trinajstić information content (AvgIpc) is 3.05. The number of hydrogen-bond acceptors (Lipinski definition) is 5. The summed E-state index contributed by atoms with van der Waals surface area (Å²) in [7, 11) is 0. The Hall–Kier alpha value is -2.54. The van der Waals surface area contributed by atoms with Crippen molar-refractivity contribution in [1.82, 2.24) is 0 Å². The van der Waals surface area contributed by atoms with Crippen LogP contribution >= 0.6 is 34.5 Å². The lowest BCUT2D eigenvalue weighted by atomic mass is 10.0. The minimum atomic E-state index is -0.499. The number of ether oxygens (including phenoxy) is 2. The van der Waals surface area contributed by atoms with E-state index in [2.05, 4.69) is 5.32 Å².